The third-order valence-corrected chi connectivity index (χ3v) is 4.67. The van der Waals surface area contributed by atoms with Gasteiger partial charge in [-0.15, -0.1) is 10.2 Å². The molecule has 1 aromatic heterocycles. The van der Waals surface area contributed by atoms with Crippen LogP contribution in [0.3, 0.4) is 0 Å². The molecule has 0 aliphatic carbocycles. The number of carbonyl (C=O) groups is 1. The van der Waals surface area contributed by atoms with E-state index >= 15 is 0 Å². The second-order valence-corrected chi connectivity index (χ2v) is 6.68. The largest absolute Gasteiger partial charge is 0.395 e. The van der Waals surface area contributed by atoms with Gasteiger partial charge in [-0.25, -0.2) is 0 Å². The lowest BCUT2D eigenvalue weighted by Crippen LogP contribution is -2.26. The van der Waals surface area contributed by atoms with Gasteiger partial charge in [-0.05, 0) is 36.5 Å². The fourth-order valence-electron chi connectivity index (χ4n) is 2.44. The fourth-order valence-corrected chi connectivity index (χ4v) is 3.20. The second kappa shape index (κ2) is 9.66. The van der Waals surface area contributed by atoms with Crippen LogP contribution in [0.15, 0.2) is 34.5 Å². The molecule has 12 nitrogen and oxygen atoms in total. The minimum Gasteiger partial charge on any atom is -0.395 e. The Kier molecular flexibility index (Phi) is 7.27. The lowest BCUT2D eigenvalue weighted by atomic mass is 10.2. The number of hydrogen-bond acceptors (Lipinski definition) is 10. The van der Waals surface area contributed by atoms with E-state index in [9.17, 15) is 30.1 Å². The van der Waals surface area contributed by atoms with Crippen LogP contribution in [-0.2, 0) is 4.79 Å². The van der Waals surface area contributed by atoms with Crippen LogP contribution in [0.4, 0.5) is 32.8 Å². The summed E-state index contributed by atoms with van der Waals surface area (Å²) in [6, 6.07) is 5.72. The minimum atomic E-state index is -0.774. The van der Waals surface area contributed by atoms with Crippen molar-refractivity contribution in [1.29, 1.82) is 0 Å². The molecule has 2 N–H and O–H groups in total. The normalized spacial score (nSPS) is 10.9. The predicted molar refractivity (Wildman–Crippen MR) is 108 cm³/mol. The lowest BCUT2D eigenvalue weighted by Gasteiger charge is -2.23. The van der Waals surface area contributed by atoms with Gasteiger partial charge in [0.15, 0.2) is 0 Å². The van der Waals surface area contributed by atoms with E-state index in [1.54, 1.807) is 18.2 Å². The highest BCUT2D eigenvalue weighted by atomic mass is 32.1. The van der Waals surface area contributed by atoms with Gasteiger partial charge in [0.1, 0.15) is 11.8 Å². The zero-order chi connectivity index (χ0) is 21.6. The molecule has 154 valence electrons. The topological polar surface area (TPSA) is 164 Å². The molecule has 0 aliphatic rings. The molecule has 0 bridgehead atoms. The van der Waals surface area contributed by atoms with E-state index in [0.29, 0.717) is 30.1 Å². The van der Waals surface area contributed by atoms with E-state index in [1.165, 1.54) is 6.92 Å². The molecule has 29 heavy (non-hydrogen) atoms. The number of nitro groups is 2. The lowest BCUT2D eigenvalue weighted by molar-refractivity contribution is -0.389. The van der Waals surface area contributed by atoms with Gasteiger partial charge in [0, 0.05) is 25.7 Å². The summed E-state index contributed by atoms with van der Waals surface area (Å²) in [5, 5.41) is 40.8. The van der Waals surface area contributed by atoms with Gasteiger partial charge < -0.3 is 15.3 Å². The summed E-state index contributed by atoms with van der Waals surface area (Å²) < 4.78 is 0. The molecule has 2 rings (SSSR count). The number of rotatable bonds is 9. The average Bonchev–Trinajstić information content (AvgIpc) is 3.09. The number of benzene rings is 1. The van der Waals surface area contributed by atoms with Crippen molar-refractivity contribution in [3.8, 4) is 0 Å². The van der Waals surface area contributed by atoms with Crippen LogP contribution in [0, 0.1) is 20.2 Å². The maximum atomic E-state index is 11.5. The number of azo groups is 1. The predicted octanol–water partition coefficient (Wildman–Crippen LogP) is 3.76. The minimum absolute atomic E-state index is 0.0500. The highest BCUT2D eigenvalue weighted by Crippen LogP contribution is 2.42. The Hall–Kier alpha value is -3.45. The standard InChI is InChI=1S/C16H18N6O6S/c1-3-20(6-7-23)11-4-5-12(13(8-11)17-10(2)24)18-19-16-14(21(25)26)9-15(29-16)22(27)28/h4-5,8-9,23H,3,6-7H2,1-2H3,(H,17,24). The molecular formula is C16H18N6O6S. The molecule has 2 aromatic rings. The first kappa shape index (κ1) is 21.8. The van der Waals surface area contributed by atoms with Crippen LogP contribution in [0.25, 0.3) is 0 Å². The van der Waals surface area contributed by atoms with E-state index in [0.717, 1.165) is 11.8 Å². The molecule has 0 spiro atoms. The summed E-state index contributed by atoms with van der Waals surface area (Å²) in [6.07, 6.45) is 0. The van der Waals surface area contributed by atoms with Crippen molar-refractivity contribution in [3.05, 3.63) is 44.5 Å². The zero-order valence-corrected chi connectivity index (χ0v) is 16.4. The number of likely N-dealkylation sites (N-methyl/N-ethyl adjacent to an activating group) is 1. The number of amides is 1. The molecule has 13 heteroatoms. The Morgan fingerprint density at radius 2 is 1.97 bits per heavy atom. The van der Waals surface area contributed by atoms with Crippen LogP contribution in [-0.4, -0.2) is 40.6 Å². The third-order valence-electron chi connectivity index (χ3n) is 3.71. The molecule has 0 fully saturated rings. The number of carbonyl (C=O) groups excluding carboxylic acids is 1. The van der Waals surface area contributed by atoms with Gasteiger partial charge in [0.2, 0.25) is 10.9 Å². The van der Waals surface area contributed by atoms with Crippen LogP contribution >= 0.6 is 11.3 Å². The smallest absolute Gasteiger partial charge is 0.333 e. The molecule has 1 aromatic carbocycles. The monoisotopic (exact) mass is 422 g/mol. The quantitative estimate of drug-likeness (QED) is 0.353. The first-order chi connectivity index (χ1) is 13.8. The van der Waals surface area contributed by atoms with Gasteiger partial charge in [0.05, 0.1) is 22.1 Å². The first-order valence-corrected chi connectivity index (χ1v) is 9.20. The molecule has 0 unspecified atom stereocenters. The van der Waals surface area contributed by atoms with Crippen LogP contribution in [0.5, 0.6) is 0 Å². The van der Waals surface area contributed by atoms with E-state index in [2.05, 4.69) is 15.5 Å². The van der Waals surface area contributed by atoms with Gasteiger partial charge in [-0.1, -0.05) is 0 Å². The van der Waals surface area contributed by atoms with Crippen molar-refractivity contribution < 1.29 is 19.7 Å². The number of nitrogens with zero attached hydrogens (tertiary/aromatic N) is 5. The molecular weight excluding hydrogens is 404 g/mol. The maximum Gasteiger partial charge on any atom is 0.333 e. The summed E-state index contributed by atoms with van der Waals surface area (Å²) in [7, 11) is 0. The second-order valence-electron chi connectivity index (χ2n) is 5.68. The third kappa shape index (κ3) is 5.52. The Morgan fingerprint density at radius 3 is 2.52 bits per heavy atom. The van der Waals surface area contributed by atoms with E-state index in [4.69, 9.17) is 0 Å². The van der Waals surface area contributed by atoms with Crippen molar-refractivity contribution in [2.24, 2.45) is 10.2 Å². The van der Waals surface area contributed by atoms with E-state index in [-0.39, 0.29) is 23.2 Å². The number of hydrogen-bond donors (Lipinski definition) is 2. The first-order valence-electron chi connectivity index (χ1n) is 8.38. The van der Waals surface area contributed by atoms with E-state index in [1.807, 2.05) is 11.8 Å². The molecule has 0 aliphatic heterocycles. The summed E-state index contributed by atoms with van der Waals surface area (Å²) in [6.45, 7) is 4.18. The molecule has 0 atom stereocenters. The molecule has 1 heterocycles. The molecule has 1 amide bonds. The van der Waals surface area contributed by atoms with Crippen molar-refractivity contribution in [2.75, 3.05) is 29.9 Å². The van der Waals surface area contributed by atoms with Gasteiger partial charge in [0.25, 0.3) is 0 Å². The van der Waals surface area contributed by atoms with Crippen molar-refractivity contribution >= 4 is 50.0 Å². The maximum absolute atomic E-state index is 11.5. The Bertz CT molecular complexity index is 959. The Morgan fingerprint density at radius 1 is 1.24 bits per heavy atom. The van der Waals surface area contributed by atoms with E-state index < -0.39 is 20.5 Å². The van der Waals surface area contributed by atoms with Gasteiger partial charge in [-0.3, -0.25) is 25.0 Å². The number of aliphatic hydroxyl groups is 1. The molecule has 0 saturated carbocycles. The summed E-state index contributed by atoms with van der Waals surface area (Å²) >= 11 is 0.529. The van der Waals surface area contributed by atoms with Gasteiger partial charge >= 0.3 is 10.7 Å². The number of anilines is 2. The van der Waals surface area contributed by atoms with Crippen LogP contribution < -0.4 is 10.2 Å². The number of aliphatic hydroxyl groups excluding tert-OH is 1. The fraction of sp³-hybridized carbons (Fsp3) is 0.312. The zero-order valence-electron chi connectivity index (χ0n) is 15.6. The summed E-state index contributed by atoms with van der Waals surface area (Å²) in [5.74, 6) is -0.360. The Labute approximate surface area is 168 Å². The highest BCUT2D eigenvalue weighted by molar-refractivity contribution is 7.19. The number of thiophene rings is 1. The average molecular weight is 422 g/mol. The molecule has 0 saturated heterocycles. The SMILES string of the molecule is CCN(CCO)c1ccc(N=Nc2sc([N+](=O)[O-])cc2[N+](=O)[O-])c(NC(C)=O)c1. The van der Waals surface area contributed by atoms with Crippen LogP contribution in [0.2, 0.25) is 0 Å². The van der Waals surface area contributed by atoms with Crippen molar-refractivity contribution in [2.45, 2.75) is 13.8 Å². The van der Waals surface area contributed by atoms with Crippen molar-refractivity contribution in [1.82, 2.24) is 0 Å². The Balaban J connectivity index is 2.45. The summed E-state index contributed by atoms with van der Waals surface area (Å²) in [4.78, 5) is 33.9. The highest BCUT2D eigenvalue weighted by Gasteiger charge is 2.25. The van der Waals surface area contributed by atoms with Crippen LogP contribution in [0.1, 0.15) is 13.8 Å². The van der Waals surface area contributed by atoms with Gasteiger partial charge in [-0.2, -0.15) is 0 Å². The molecule has 0 radical (unpaired) electrons. The van der Waals surface area contributed by atoms with Crippen molar-refractivity contribution in [3.63, 3.8) is 0 Å². The number of nitrogens with one attached hydrogen (secondary N) is 1. The summed E-state index contributed by atoms with van der Waals surface area (Å²) in [5.41, 5.74) is 0.725.